The first kappa shape index (κ1) is 15.8. The van der Waals surface area contributed by atoms with E-state index < -0.39 is 0 Å². The summed E-state index contributed by atoms with van der Waals surface area (Å²) in [5.74, 6) is 0.349. The second kappa shape index (κ2) is 6.36. The molecule has 2 heterocycles. The van der Waals surface area contributed by atoms with E-state index >= 15 is 0 Å². The molecule has 0 saturated carbocycles. The van der Waals surface area contributed by atoms with Gasteiger partial charge in [0, 0.05) is 40.8 Å². The van der Waals surface area contributed by atoms with Crippen molar-refractivity contribution in [1.82, 2.24) is 9.97 Å². The van der Waals surface area contributed by atoms with Crippen molar-refractivity contribution < 1.29 is 5.11 Å². The van der Waals surface area contributed by atoms with Gasteiger partial charge < -0.3 is 15.1 Å². The number of para-hydroxylation sites is 2. The number of hydrogen-bond donors (Lipinski definition) is 3. The Morgan fingerprint density at radius 3 is 1.85 bits per heavy atom. The quantitative estimate of drug-likeness (QED) is 0.391. The van der Waals surface area contributed by atoms with Crippen LogP contribution in [0.4, 0.5) is 0 Å². The van der Waals surface area contributed by atoms with Crippen LogP contribution in [0.2, 0.25) is 0 Å². The summed E-state index contributed by atoms with van der Waals surface area (Å²) < 4.78 is 0. The fourth-order valence-electron chi connectivity index (χ4n) is 3.84. The SMILES string of the molecule is Oc1cccc(Cc2cc3ccccc3[nH]2)c1Cc1cc2ccccc2[nH]1. The molecule has 0 radical (unpaired) electrons. The second-order valence-electron chi connectivity index (χ2n) is 7.03. The maximum absolute atomic E-state index is 10.5. The largest absolute Gasteiger partial charge is 0.508 e. The van der Waals surface area contributed by atoms with Crippen LogP contribution in [0.5, 0.6) is 5.75 Å². The minimum atomic E-state index is 0.349. The van der Waals surface area contributed by atoms with Crippen LogP contribution in [0.1, 0.15) is 22.5 Å². The van der Waals surface area contributed by atoms with Crippen LogP contribution < -0.4 is 0 Å². The van der Waals surface area contributed by atoms with Gasteiger partial charge in [0.1, 0.15) is 5.75 Å². The van der Waals surface area contributed by atoms with Crippen molar-refractivity contribution >= 4 is 21.8 Å². The summed E-state index contributed by atoms with van der Waals surface area (Å²) in [6.45, 7) is 0. The molecule has 0 saturated heterocycles. The topological polar surface area (TPSA) is 51.8 Å². The Balaban J connectivity index is 1.50. The Morgan fingerprint density at radius 2 is 1.22 bits per heavy atom. The van der Waals surface area contributed by atoms with Crippen LogP contribution in [-0.4, -0.2) is 15.1 Å². The molecule has 0 bridgehead atoms. The van der Waals surface area contributed by atoms with Crippen LogP contribution in [0.25, 0.3) is 21.8 Å². The molecule has 3 heteroatoms. The molecule has 132 valence electrons. The van der Waals surface area contributed by atoms with Crippen molar-refractivity contribution in [3.05, 3.63) is 101 Å². The summed E-state index contributed by atoms with van der Waals surface area (Å²) >= 11 is 0. The van der Waals surface area contributed by atoms with Crippen LogP contribution >= 0.6 is 0 Å². The van der Waals surface area contributed by atoms with Gasteiger partial charge in [-0.25, -0.2) is 0 Å². The van der Waals surface area contributed by atoms with Gasteiger partial charge in [-0.05, 0) is 46.7 Å². The first-order valence-electron chi connectivity index (χ1n) is 9.19. The highest BCUT2D eigenvalue weighted by Crippen LogP contribution is 2.28. The molecule has 27 heavy (non-hydrogen) atoms. The van der Waals surface area contributed by atoms with Crippen molar-refractivity contribution in [3.63, 3.8) is 0 Å². The number of aromatic amines is 2. The van der Waals surface area contributed by atoms with Gasteiger partial charge in [0.2, 0.25) is 0 Å². The third kappa shape index (κ3) is 2.97. The Kier molecular flexibility index (Phi) is 3.72. The second-order valence-corrected chi connectivity index (χ2v) is 7.03. The van der Waals surface area contributed by atoms with Crippen LogP contribution in [0.3, 0.4) is 0 Å². The third-order valence-corrected chi connectivity index (χ3v) is 5.17. The van der Waals surface area contributed by atoms with E-state index in [9.17, 15) is 5.11 Å². The zero-order chi connectivity index (χ0) is 18.2. The molecule has 0 unspecified atom stereocenters. The average molecular weight is 352 g/mol. The molecule has 5 aromatic rings. The van der Waals surface area contributed by atoms with E-state index in [0.29, 0.717) is 12.2 Å². The molecular formula is C24H20N2O. The summed E-state index contributed by atoms with van der Waals surface area (Å²) in [5, 5.41) is 12.9. The van der Waals surface area contributed by atoms with Crippen LogP contribution in [0.15, 0.2) is 78.9 Å². The molecule has 3 aromatic carbocycles. The van der Waals surface area contributed by atoms with E-state index in [1.165, 1.54) is 10.8 Å². The Labute approximate surface area is 157 Å². The standard InChI is InChI=1S/C24H20N2O/c27-24-11-5-8-16(12-19-13-17-6-1-3-9-22(17)25-19)21(24)15-20-14-18-7-2-4-10-23(18)26-20/h1-11,13-14,25-27H,12,15H2. The number of rotatable bonds is 4. The molecule has 0 atom stereocenters. The maximum Gasteiger partial charge on any atom is 0.119 e. The van der Waals surface area contributed by atoms with Gasteiger partial charge in [-0.2, -0.15) is 0 Å². The zero-order valence-corrected chi connectivity index (χ0v) is 14.9. The van der Waals surface area contributed by atoms with Crippen molar-refractivity contribution in [3.8, 4) is 5.75 Å². The number of hydrogen-bond acceptors (Lipinski definition) is 1. The predicted octanol–water partition coefficient (Wildman–Crippen LogP) is 5.54. The summed E-state index contributed by atoms with van der Waals surface area (Å²) in [4.78, 5) is 6.95. The number of aromatic hydroxyl groups is 1. The lowest BCUT2D eigenvalue weighted by molar-refractivity contribution is 0.468. The van der Waals surface area contributed by atoms with Crippen LogP contribution in [-0.2, 0) is 12.8 Å². The molecule has 3 nitrogen and oxygen atoms in total. The molecule has 2 aromatic heterocycles. The first-order valence-corrected chi connectivity index (χ1v) is 9.19. The normalized spacial score (nSPS) is 11.4. The molecule has 0 aliphatic carbocycles. The van der Waals surface area contributed by atoms with Gasteiger partial charge >= 0.3 is 0 Å². The van der Waals surface area contributed by atoms with Gasteiger partial charge in [-0.15, -0.1) is 0 Å². The van der Waals surface area contributed by atoms with Crippen molar-refractivity contribution in [1.29, 1.82) is 0 Å². The molecule has 0 aliphatic rings. The molecule has 3 N–H and O–H groups in total. The van der Waals surface area contributed by atoms with Gasteiger partial charge in [0.15, 0.2) is 0 Å². The van der Waals surface area contributed by atoms with Crippen molar-refractivity contribution in [2.75, 3.05) is 0 Å². The van der Waals surface area contributed by atoms with Gasteiger partial charge in [-0.1, -0.05) is 48.5 Å². The highest BCUT2D eigenvalue weighted by molar-refractivity contribution is 5.81. The van der Waals surface area contributed by atoms with Crippen molar-refractivity contribution in [2.45, 2.75) is 12.8 Å². The maximum atomic E-state index is 10.5. The summed E-state index contributed by atoms with van der Waals surface area (Å²) in [6, 6.07) is 26.7. The first-order chi connectivity index (χ1) is 13.3. The highest BCUT2D eigenvalue weighted by Gasteiger charge is 2.12. The Morgan fingerprint density at radius 1 is 0.630 bits per heavy atom. The van der Waals surface area contributed by atoms with Crippen LogP contribution in [0, 0.1) is 0 Å². The van der Waals surface area contributed by atoms with E-state index in [-0.39, 0.29) is 0 Å². The summed E-state index contributed by atoms with van der Waals surface area (Å²) in [7, 11) is 0. The van der Waals surface area contributed by atoms with E-state index in [1.807, 2.05) is 24.3 Å². The molecule has 0 aliphatic heterocycles. The Hall–Kier alpha value is -3.46. The minimum Gasteiger partial charge on any atom is -0.508 e. The highest BCUT2D eigenvalue weighted by atomic mass is 16.3. The number of aromatic nitrogens is 2. The predicted molar refractivity (Wildman–Crippen MR) is 110 cm³/mol. The minimum absolute atomic E-state index is 0.349. The van der Waals surface area contributed by atoms with Gasteiger partial charge in [-0.3, -0.25) is 0 Å². The van der Waals surface area contributed by atoms with E-state index in [2.05, 4.69) is 58.5 Å². The smallest absolute Gasteiger partial charge is 0.119 e. The number of fused-ring (bicyclic) bond motifs is 2. The summed E-state index contributed by atoms with van der Waals surface area (Å²) in [5.41, 5.74) is 6.64. The number of phenols is 1. The molecular weight excluding hydrogens is 332 g/mol. The number of phenolic OH excluding ortho intramolecular Hbond substituents is 1. The van der Waals surface area contributed by atoms with E-state index in [1.54, 1.807) is 6.07 Å². The van der Waals surface area contributed by atoms with Gasteiger partial charge in [0.05, 0.1) is 0 Å². The average Bonchev–Trinajstić information content (AvgIpc) is 3.27. The van der Waals surface area contributed by atoms with E-state index in [0.717, 1.165) is 40.0 Å². The number of nitrogens with one attached hydrogen (secondary N) is 2. The lowest BCUT2D eigenvalue weighted by Gasteiger charge is -2.10. The van der Waals surface area contributed by atoms with Crippen molar-refractivity contribution in [2.24, 2.45) is 0 Å². The Bertz CT molecular complexity index is 1180. The zero-order valence-electron chi connectivity index (χ0n) is 14.9. The fraction of sp³-hybridized carbons (Fsp3) is 0.0833. The molecule has 0 amide bonds. The van der Waals surface area contributed by atoms with Gasteiger partial charge in [0.25, 0.3) is 0 Å². The number of benzene rings is 3. The number of H-pyrrole nitrogens is 2. The molecule has 5 rings (SSSR count). The molecule has 0 spiro atoms. The fourth-order valence-corrected chi connectivity index (χ4v) is 3.84. The monoisotopic (exact) mass is 352 g/mol. The lowest BCUT2D eigenvalue weighted by atomic mass is 9.98. The lowest BCUT2D eigenvalue weighted by Crippen LogP contribution is -1.98. The van der Waals surface area contributed by atoms with E-state index in [4.69, 9.17) is 0 Å². The molecule has 0 fully saturated rings. The summed E-state index contributed by atoms with van der Waals surface area (Å²) in [6.07, 6.45) is 1.44. The third-order valence-electron chi connectivity index (χ3n) is 5.17.